The van der Waals surface area contributed by atoms with Crippen molar-refractivity contribution >= 4 is 67.7 Å². The van der Waals surface area contributed by atoms with E-state index in [4.69, 9.17) is 4.98 Å². The van der Waals surface area contributed by atoms with Gasteiger partial charge in [-0.3, -0.25) is 4.57 Å². The normalized spacial score (nSPS) is 12.7. The molecule has 0 amide bonds. The molecule has 0 aliphatic carbocycles. The first kappa shape index (κ1) is 43.8. The Hall–Kier alpha value is -8.41. The lowest BCUT2D eigenvalue weighted by atomic mass is 9.36. The van der Waals surface area contributed by atoms with Gasteiger partial charge in [-0.1, -0.05) is 226 Å². The van der Waals surface area contributed by atoms with Crippen molar-refractivity contribution in [2.75, 3.05) is 16.5 Å². The van der Waals surface area contributed by atoms with Crippen LogP contribution in [0.2, 0.25) is 0 Å². The number of hydrogen-bond donors (Lipinski definition) is 0. The molecule has 0 N–H and O–H groups in total. The summed E-state index contributed by atoms with van der Waals surface area (Å²) >= 11 is 0. The van der Waals surface area contributed by atoms with E-state index in [1.807, 2.05) is 12.3 Å². The molecule has 9 aromatic carbocycles. The number of anilines is 4. The molecule has 0 saturated heterocycles. The lowest BCUT2D eigenvalue weighted by molar-refractivity contribution is 0.617. The van der Waals surface area contributed by atoms with Gasteiger partial charge in [-0.05, 0) is 94.0 Å². The minimum atomic E-state index is -0.252. The van der Waals surface area contributed by atoms with E-state index in [9.17, 15) is 0 Å². The van der Waals surface area contributed by atoms with Crippen molar-refractivity contribution in [1.29, 1.82) is 0 Å². The SMILES string of the molecule is CC(C)(c1ccccc1)c1cc(N2CN(c3cc(B(c4ccccc4)c4ccc5c6ccccc6n(-c6ccccn6)c5c4)cc(-c4ccccc4)c3)c3ccccc32)cc(C(C)(C)c2ccccc2)c1. The summed E-state index contributed by atoms with van der Waals surface area (Å²) in [5.74, 6) is 0.905. The zero-order chi connectivity index (χ0) is 48.1. The van der Waals surface area contributed by atoms with Gasteiger partial charge in [-0.15, -0.1) is 0 Å². The first-order valence-electron chi connectivity index (χ1n) is 24.8. The third-order valence-electron chi connectivity index (χ3n) is 15.1. The maximum atomic E-state index is 4.87. The van der Waals surface area contributed by atoms with Gasteiger partial charge in [0.1, 0.15) is 12.5 Å². The van der Waals surface area contributed by atoms with Crippen LogP contribution in [0.5, 0.6) is 0 Å². The predicted molar refractivity (Wildman–Crippen MR) is 301 cm³/mol. The van der Waals surface area contributed by atoms with Crippen molar-refractivity contribution in [2.24, 2.45) is 0 Å². The molecule has 0 saturated carbocycles. The molecular formula is C66H55BN4. The molecule has 0 unspecified atom stereocenters. The summed E-state index contributed by atoms with van der Waals surface area (Å²) in [5, 5.41) is 2.42. The number of rotatable bonds is 11. The van der Waals surface area contributed by atoms with Crippen LogP contribution >= 0.6 is 0 Å². The molecule has 0 atom stereocenters. The molecule has 12 rings (SSSR count). The molecule has 0 spiro atoms. The highest BCUT2D eigenvalue weighted by Gasteiger charge is 2.34. The zero-order valence-electron chi connectivity index (χ0n) is 40.7. The number of aromatic nitrogens is 2. The van der Waals surface area contributed by atoms with Crippen LogP contribution in [0.3, 0.4) is 0 Å². The van der Waals surface area contributed by atoms with Gasteiger partial charge >= 0.3 is 0 Å². The molecule has 0 radical (unpaired) electrons. The standard InChI is InChI=1S/C66H55BN4/c1-65(2,49-25-11-6-12-26-49)51-41-52(66(3,4)50-27-13-7-14-28-50)43-57(42-51)70-46-69(61-33-19-20-34-62(61)70)56-40-48(47-23-9-5-10-24-47)39-55(44-56)67(53-29-15-8-16-30-53)54-36-37-59-58-31-17-18-32-60(58)71(63(59)45-54)64-35-21-22-38-68-64/h5-45H,46H2,1-4H3. The molecule has 1 aliphatic heterocycles. The van der Waals surface area contributed by atoms with Gasteiger partial charge in [0.05, 0.1) is 22.4 Å². The molecule has 1 aliphatic rings. The minimum absolute atomic E-state index is 0.0770. The van der Waals surface area contributed by atoms with Crippen LogP contribution in [0.4, 0.5) is 22.7 Å². The number of nitrogens with zero attached hydrogens (tertiary/aromatic N) is 4. The molecule has 5 heteroatoms. The second kappa shape index (κ2) is 17.8. The van der Waals surface area contributed by atoms with Crippen molar-refractivity contribution in [3.05, 3.63) is 271 Å². The average molecular weight is 915 g/mol. The highest BCUT2D eigenvalue weighted by molar-refractivity contribution is 6.95. The second-order valence-corrected chi connectivity index (χ2v) is 20.1. The van der Waals surface area contributed by atoms with E-state index < -0.39 is 0 Å². The van der Waals surface area contributed by atoms with Gasteiger partial charge < -0.3 is 9.80 Å². The van der Waals surface area contributed by atoms with Crippen LogP contribution in [0, 0.1) is 0 Å². The quantitative estimate of drug-likeness (QED) is 0.121. The van der Waals surface area contributed by atoms with Crippen molar-refractivity contribution in [3.63, 3.8) is 0 Å². The predicted octanol–water partition coefficient (Wildman–Crippen LogP) is 14.3. The van der Waals surface area contributed by atoms with Crippen molar-refractivity contribution < 1.29 is 0 Å². The lowest BCUT2D eigenvalue weighted by Crippen LogP contribution is -2.52. The highest BCUT2D eigenvalue weighted by atomic mass is 15.4. The van der Waals surface area contributed by atoms with E-state index in [2.05, 4.69) is 279 Å². The number of pyridine rings is 1. The number of hydrogen-bond acceptors (Lipinski definition) is 3. The van der Waals surface area contributed by atoms with E-state index in [0.29, 0.717) is 6.67 Å². The third-order valence-corrected chi connectivity index (χ3v) is 15.1. The van der Waals surface area contributed by atoms with Gasteiger partial charge in [-0.25, -0.2) is 4.98 Å². The largest absolute Gasteiger partial charge is 0.321 e. The van der Waals surface area contributed by atoms with Gasteiger partial charge in [0.2, 0.25) is 6.71 Å². The van der Waals surface area contributed by atoms with Crippen LogP contribution in [-0.2, 0) is 10.8 Å². The fourth-order valence-corrected chi connectivity index (χ4v) is 11.1. The molecular weight excluding hydrogens is 860 g/mol. The number of benzene rings is 9. The first-order chi connectivity index (χ1) is 34.7. The van der Waals surface area contributed by atoms with Crippen LogP contribution in [0.15, 0.2) is 249 Å². The Morgan fingerprint density at radius 3 is 1.54 bits per heavy atom. The Morgan fingerprint density at radius 2 is 0.915 bits per heavy atom. The minimum Gasteiger partial charge on any atom is -0.321 e. The van der Waals surface area contributed by atoms with E-state index in [1.54, 1.807) is 0 Å². The summed E-state index contributed by atoms with van der Waals surface area (Å²) in [6.45, 7) is 10.0. The summed E-state index contributed by atoms with van der Waals surface area (Å²) < 4.78 is 2.32. The molecule has 0 fully saturated rings. The monoisotopic (exact) mass is 914 g/mol. The third kappa shape index (κ3) is 7.88. The van der Waals surface area contributed by atoms with E-state index in [0.717, 1.165) is 22.5 Å². The Morgan fingerprint density at radius 1 is 0.380 bits per heavy atom. The Balaban J connectivity index is 1.03. The van der Waals surface area contributed by atoms with Crippen molar-refractivity contribution in [2.45, 2.75) is 38.5 Å². The van der Waals surface area contributed by atoms with Gasteiger partial charge in [0.15, 0.2) is 0 Å². The summed E-state index contributed by atoms with van der Waals surface area (Å²) in [6.07, 6.45) is 1.88. The Bertz CT molecular complexity index is 3610. The average Bonchev–Trinajstić information content (AvgIpc) is 3.98. The first-order valence-corrected chi connectivity index (χ1v) is 24.8. The molecule has 11 aromatic rings. The zero-order valence-corrected chi connectivity index (χ0v) is 40.7. The summed E-state index contributed by atoms with van der Waals surface area (Å²) in [5.41, 5.74) is 17.7. The molecule has 4 nitrogen and oxygen atoms in total. The van der Waals surface area contributed by atoms with Gasteiger partial charge in [-0.2, -0.15) is 0 Å². The second-order valence-electron chi connectivity index (χ2n) is 20.1. The fraction of sp³-hybridized carbons (Fsp3) is 0.106. The summed E-state index contributed by atoms with van der Waals surface area (Å²) in [4.78, 5) is 9.92. The maximum absolute atomic E-state index is 4.87. The number of para-hydroxylation sites is 3. The number of fused-ring (bicyclic) bond motifs is 4. The van der Waals surface area contributed by atoms with Crippen LogP contribution in [-0.4, -0.2) is 22.9 Å². The molecule has 342 valence electrons. The summed E-state index contributed by atoms with van der Waals surface area (Å²) in [6, 6.07) is 89.2. The van der Waals surface area contributed by atoms with E-state index >= 15 is 0 Å². The molecule has 2 aromatic heterocycles. The molecule has 0 bridgehead atoms. The Labute approximate surface area is 418 Å². The smallest absolute Gasteiger partial charge is 0.241 e. The maximum Gasteiger partial charge on any atom is 0.241 e. The van der Waals surface area contributed by atoms with E-state index in [1.165, 1.54) is 77.6 Å². The van der Waals surface area contributed by atoms with Crippen molar-refractivity contribution in [3.8, 4) is 16.9 Å². The van der Waals surface area contributed by atoms with Crippen LogP contribution in [0.25, 0.3) is 38.8 Å². The fourth-order valence-electron chi connectivity index (χ4n) is 11.1. The van der Waals surface area contributed by atoms with Crippen molar-refractivity contribution in [1.82, 2.24) is 9.55 Å². The van der Waals surface area contributed by atoms with Gasteiger partial charge in [0.25, 0.3) is 0 Å². The molecule has 71 heavy (non-hydrogen) atoms. The summed E-state index contributed by atoms with van der Waals surface area (Å²) in [7, 11) is 0. The van der Waals surface area contributed by atoms with E-state index in [-0.39, 0.29) is 17.5 Å². The Kier molecular flexibility index (Phi) is 11.0. The van der Waals surface area contributed by atoms with Crippen LogP contribution in [0.1, 0.15) is 49.9 Å². The van der Waals surface area contributed by atoms with Crippen LogP contribution < -0.4 is 26.2 Å². The highest BCUT2D eigenvalue weighted by Crippen LogP contribution is 2.47. The van der Waals surface area contributed by atoms with Gasteiger partial charge in [0, 0.05) is 39.2 Å². The lowest BCUT2D eigenvalue weighted by Gasteiger charge is -2.33. The molecule has 3 heterocycles. The topological polar surface area (TPSA) is 24.3 Å².